The van der Waals surface area contributed by atoms with E-state index in [9.17, 15) is 4.79 Å². The van der Waals surface area contributed by atoms with E-state index in [4.69, 9.17) is 5.73 Å². The summed E-state index contributed by atoms with van der Waals surface area (Å²) in [6.07, 6.45) is 0. The first-order valence-electron chi connectivity index (χ1n) is 5.54. The summed E-state index contributed by atoms with van der Waals surface area (Å²) < 4.78 is 0. The van der Waals surface area contributed by atoms with Crippen molar-refractivity contribution in [1.82, 2.24) is 5.32 Å². The third-order valence-electron chi connectivity index (χ3n) is 2.75. The van der Waals surface area contributed by atoms with Crippen molar-refractivity contribution in [2.24, 2.45) is 11.7 Å². The molecular weight excluding hydrogens is 220 g/mol. The Bertz CT molecular complexity index is 360. The summed E-state index contributed by atoms with van der Waals surface area (Å²) in [6.45, 7) is 7.76. The van der Waals surface area contributed by atoms with Crippen LogP contribution in [-0.2, 0) is 4.79 Å². The molecule has 0 radical (unpaired) electrons. The molecule has 0 aromatic carbocycles. The number of thiophene rings is 1. The fraction of sp³-hybridized carbons (Fsp3) is 0.583. The largest absolute Gasteiger partial charge is 0.348 e. The average molecular weight is 240 g/mol. The maximum atomic E-state index is 11.8. The number of hydrogen-bond acceptors (Lipinski definition) is 3. The fourth-order valence-electron chi connectivity index (χ4n) is 1.34. The van der Waals surface area contributed by atoms with E-state index in [1.165, 1.54) is 9.75 Å². The van der Waals surface area contributed by atoms with Gasteiger partial charge in [-0.3, -0.25) is 4.79 Å². The summed E-state index contributed by atoms with van der Waals surface area (Å²) >= 11 is 1.71. The summed E-state index contributed by atoms with van der Waals surface area (Å²) in [5, 5.41) is 2.98. The molecule has 3 unspecified atom stereocenters. The van der Waals surface area contributed by atoms with Crippen LogP contribution in [-0.4, -0.2) is 11.9 Å². The lowest BCUT2D eigenvalue weighted by molar-refractivity contribution is -0.125. The minimum Gasteiger partial charge on any atom is -0.348 e. The minimum absolute atomic E-state index is 0.0218. The molecule has 1 aromatic heterocycles. The molecule has 16 heavy (non-hydrogen) atoms. The van der Waals surface area contributed by atoms with Gasteiger partial charge < -0.3 is 11.1 Å². The van der Waals surface area contributed by atoms with Gasteiger partial charge in [0.2, 0.25) is 5.91 Å². The van der Waals surface area contributed by atoms with E-state index in [-0.39, 0.29) is 23.9 Å². The molecule has 0 bridgehead atoms. The number of carbonyl (C=O) groups is 1. The average Bonchev–Trinajstić information content (AvgIpc) is 2.63. The van der Waals surface area contributed by atoms with Crippen LogP contribution in [0.4, 0.5) is 0 Å². The molecule has 0 aliphatic heterocycles. The van der Waals surface area contributed by atoms with E-state index in [2.05, 4.69) is 24.4 Å². The molecule has 3 N–H and O–H groups in total. The third kappa shape index (κ3) is 3.32. The molecule has 0 saturated carbocycles. The standard InChI is InChI=1S/C12H20N2OS/c1-7-5-6-11(16-7)10(4)14-12(15)8(2)9(3)13/h5-6,8-10H,13H2,1-4H3,(H,14,15). The second kappa shape index (κ2) is 5.46. The van der Waals surface area contributed by atoms with Gasteiger partial charge in [0, 0.05) is 21.7 Å². The van der Waals surface area contributed by atoms with Gasteiger partial charge in [-0.2, -0.15) is 0 Å². The molecule has 1 aromatic rings. The van der Waals surface area contributed by atoms with E-state index in [1.54, 1.807) is 11.3 Å². The predicted molar refractivity (Wildman–Crippen MR) is 68.4 cm³/mol. The number of aryl methyl sites for hydroxylation is 1. The van der Waals surface area contributed by atoms with Crippen LogP contribution in [0.15, 0.2) is 12.1 Å². The molecule has 3 atom stereocenters. The zero-order valence-corrected chi connectivity index (χ0v) is 11.1. The first kappa shape index (κ1) is 13.2. The van der Waals surface area contributed by atoms with Crippen LogP contribution < -0.4 is 11.1 Å². The van der Waals surface area contributed by atoms with Crippen molar-refractivity contribution in [2.75, 3.05) is 0 Å². The molecule has 90 valence electrons. The van der Waals surface area contributed by atoms with Crippen LogP contribution in [0.1, 0.15) is 36.6 Å². The Balaban J connectivity index is 2.58. The molecule has 0 saturated heterocycles. The number of rotatable bonds is 4. The minimum atomic E-state index is -0.150. The summed E-state index contributed by atoms with van der Waals surface area (Å²) in [6, 6.07) is 4.07. The van der Waals surface area contributed by atoms with Gasteiger partial charge in [-0.1, -0.05) is 6.92 Å². The monoisotopic (exact) mass is 240 g/mol. The fourth-order valence-corrected chi connectivity index (χ4v) is 2.22. The van der Waals surface area contributed by atoms with Crippen LogP contribution in [0, 0.1) is 12.8 Å². The van der Waals surface area contributed by atoms with Crippen LogP contribution in [0.2, 0.25) is 0 Å². The van der Waals surface area contributed by atoms with Gasteiger partial charge in [0.05, 0.1) is 6.04 Å². The van der Waals surface area contributed by atoms with Gasteiger partial charge in [0.15, 0.2) is 0 Å². The van der Waals surface area contributed by atoms with E-state index < -0.39 is 0 Å². The molecule has 1 rings (SSSR count). The summed E-state index contributed by atoms with van der Waals surface area (Å²) in [5.74, 6) is -0.128. The van der Waals surface area contributed by atoms with Gasteiger partial charge >= 0.3 is 0 Å². The Labute approximate surface area is 101 Å². The highest BCUT2D eigenvalue weighted by molar-refractivity contribution is 7.12. The Morgan fingerprint density at radius 2 is 2.00 bits per heavy atom. The molecule has 0 fully saturated rings. The second-order valence-electron chi connectivity index (χ2n) is 4.33. The number of nitrogens with one attached hydrogen (secondary N) is 1. The van der Waals surface area contributed by atoms with Crippen molar-refractivity contribution in [2.45, 2.75) is 39.8 Å². The Morgan fingerprint density at radius 1 is 1.38 bits per heavy atom. The zero-order chi connectivity index (χ0) is 12.3. The van der Waals surface area contributed by atoms with Gasteiger partial charge in [0.25, 0.3) is 0 Å². The van der Waals surface area contributed by atoms with Gasteiger partial charge in [-0.15, -0.1) is 11.3 Å². The lowest BCUT2D eigenvalue weighted by atomic mass is 10.0. The molecule has 0 aliphatic rings. The zero-order valence-electron chi connectivity index (χ0n) is 10.3. The molecular formula is C12H20N2OS. The molecule has 4 heteroatoms. The van der Waals surface area contributed by atoms with Crippen LogP contribution in [0.25, 0.3) is 0 Å². The lowest BCUT2D eigenvalue weighted by Gasteiger charge is -2.18. The summed E-state index contributed by atoms with van der Waals surface area (Å²) in [5.41, 5.74) is 5.70. The van der Waals surface area contributed by atoms with E-state index in [0.29, 0.717) is 0 Å². The first-order valence-corrected chi connectivity index (χ1v) is 6.35. The number of nitrogens with two attached hydrogens (primary N) is 1. The van der Waals surface area contributed by atoms with Crippen molar-refractivity contribution in [3.05, 3.63) is 21.9 Å². The van der Waals surface area contributed by atoms with Crippen molar-refractivity contribution < 1.29 is 4.79 Å². The number of carbonyl (C=O) groups excluding carboxylic acids is 1. The topological polar surface area (TPSA) is 55.1 Å². The highest BCUT2D eigenvalue weighted by Crippen LogP contribution is 2.22. The van der Waals surface area contributed by atoms with Crippen molar-refractivity contribution in [3.8, 4) is 0 Å². The maximum Gasteiger partial charge on any atom is 0.224 e. The molecule has 0 spiro atoms. The number of hydrogen-bond donors (Lipinski definition) is 2. The Kier molecular flexibility index (Phi) is 4.50. The van der Waals surface area contributed by atoms with Crippen LogP contribution in [0.3, 0.4) is 0 Å². The highest BCUT2D eigenvalue weighted by Gasteiger charge is 2.19. The van der Waals surface area contributed by atoms with Crippen LogP contribution >= 0.6 is 11.3 Å². The third-order valence-corrected chi connectivity index (χ3v) is 3.93. The SMILES string of the molecule is Cc1ccc(C(C)NC(=O)C(C)C(C)N)s1. The highest BCUT2D eigenvalue weighted by atomic mass is 32.1. The quantitative estimate of drug-likeness (QED) is 0.848. The van der Waals surface area contributed by atoms with E-state index in [1.807, 2.05) is 20.8 Å². The van der Waals surface area contributed by atoms with Crippen LogP contribution in [0.5, 0.6) is 0 Å². The van der Waals surface area contributed by atoms with E-state index in [0.717, 1.165) is 0 Å². The van der Waals surface area contributed by atoms with Crippen molar-refractivity contribution in [1.29, 1.82) is 0 Å². The van der Waals surface area contributed by atoms with Crippen molar-refractivity contribution in [3.63, 3.8) is 0 Å². The van der Waals surface area contributed by atoms with Gasteiger partial charge in [-0.05, 0) is 32.9 Å². The van der Waals surface area contributed by atoms with Gasteiger partial charge in [-0.25, -0.2) is 0 Å². The molecule has 3 nitrogen and oxygen atoms in total. The molecule has 1 amide bonds. The number of amides is 1. The Morgan fingerprint density at radius 3 is 2.44 bits per heavy atom. The molecule has 0 aliphatic carbocycles. The van der Waals surface area contributed by atoms with Gasteiger partial charge in [0.1, 0.15) is 0 Å². The van der Waals surface area contributed by atoms with Crippen molar-refractivity contribution >= 4 is 17.2 Å². The summed E-state index contributed by atoms with van der Waals surface area (Å²) in [4.78, 5) is 14.2. The molecule has 1 heterocycles. The normalized spacial score (nSPS) is 16.6. The second-order valence-corrected chi connectivity index (χ2v) is 5.65. The van der Waals surface area contributed by atoms with E-state index >= 15 is 0 Å². The Hall–Kier alpha value is -0.870. The lowest BCUT2D eigenvalue weighted by Crippen LogP contribution is -2.39. The smallest absolute Gasteiger partial charge is 0.224 e. The predicted octanol–water partition coefficient (Wildman–Crippen LogP) is 2.22. The maximum absolute atomic E-state index is 11.8. The summed E-state index contributed by atoms with van der Waals surface area (Å²) in [7, 11) is 0. The first-order chi connectivity index (χ1) is 7.41.